The van der Waals surface area contributed by atoms with Gasteiger partial charge in [-0.05, 0) is 60.0 Å². The lowest BCUT2D eigenvalue weighted by molar-refractivity contribution is 0.480. The summed E-state index contributed by atoms with van der Waals surface area (Å²) in [6.45, 7) is 2.05. The van der Waals surface area contributed by atoms with E-state index < -0.39 is 11.1 Å². The molecule has 0 spiro atoms. The van der Waals surface area contributed by atoms with Crippen LogP contribution in [-0.4, -0.2) is 13.7 Å². The number of rotatable bonds is 4. The van der Waals surface area contributed by atoms with Crippen LogP contribution in [0.5, 0.6) is 11.5 Å². The van der Waals surface area contributed by atoms with E-state index in [-0.39, 0.29) is 0 Å². The van der Waals surface area contributed by atoms with Crippen molar-refractivity contribution in [3.05, 3.63) is 84.6 Å². The minimum atomic E-state index is -2.04. The van der Waals surface area contributed by atoms with Gasteiger partial charge >= 0.3 is 0 Å². The fourth-order valence-corrected chi connectivity index (χ4v) is 3.50. The molecule has 1 N–H and O–H groups in total. The monoisotopic (exact) mass is 375 g/mol. The van der Waals surface area contributed by atoms with Crippen LogP contribution in [0.15, 0.2) is 83.9 Å². The molecule has 0 saturated heterocycles. The number of pyridine rings is 1. The Bertz CT molecular complexity index is 1160. The first-order chi connectivity index (χ1) is 13.1. The van der Waals surface area contributed by atoms with E-state index in [1.54, 1.807) is 24.3 Å². The highest BCUT2D eigenvalue weighted by Gasteiger charge is 2.08. The number of para-hydroxylation sites is 1. The molecule has 1 aromatic heterocycles. The molecule has 0 radical (unpaired) electrons. The summed E-state index contributed by atoms with van der Waals surface area (Å²) >= 11 is -2.04. The summed E-state index contributed by atoms with van der Waals surface area (Å²) < 4.78 is 26.4. The van der Waals surface area contributed by atoms with E-state index in [1.165, 1.54) is 0 Å². The highest BCUT2D eigenvalue weighted by molar-refractivity contribution is 7.79. The van der Waals surface area contributed by atoms with Crippen molar-refractivity contribution < 1.29 is 13.5 Å². The molecular weight excluding hydrogens is 358 g/mol. The molecule has 1 heterocycles. The van der Waals surface area contributed by atoms with Crippen molar-refractivity contribution in [2.75, 3.05) is 0 Å². The molecular formula is C22H17NO3S. The molecule has 0 aliphatic heterocycles. The van der Waals surface area contributed by atoms with Gasteiger partial charge in [0, 0.05) is 11.6 Å². The molecule has 0 bridgehead atoms. The predicted octanol–water partition coefficient (Wildman–Crippen LogP) is 5.58. The quantitative estimate of drug-likeness (QED) is 0.473. The Labute approximate surface area is 159 Å². The van der Waals surface area contributed by atoms with Gasteiger partial charge in [0.15, 0.2) is 11.1 Å². The SMILES string of the molecule is Cc1cccc2c(-c3cccc(Oc4cccc(S(=O)O)c4)c3)ccnc12. The third-order valence-electron chi connectivity index (χ3n) is 4.36. The van der Waals surface area contributed by atoms with Crippen LogP contribution < -0.4 is 4.74 Å². The lowest BCUT2D eigenvalue weighted by Gasteiger charge is -2.11. The van der Waals surface area contributed by atoms with Crippen LogP contribution in [-0.2, 0) is 11.1 Å². The van der Waals surface area contributed by atoms with Crippen molar-refractivity contribution in [3.63, 3.8) is 0 Å². The van der Waals surface area contributed by atoms with Crippen LogP contribution in [0.2, 0.25) is 0 Å². The molecule has 0 aliphatic carbocycles. The minimum absolute atomic E-state index is 0.305. The van der Waals surface area contributed by atoms with Crippen molar-refractivity contribution in [2.24, 2.45) is 0 Å². The van der Waals surface area contributed by atoms with Crippen molar-refractivity contribution >= 4 is 22.0 Å². The standard InChI is InChI=1S/C22H17NO3S/c1-15-5-2-10-21-20(11-12-23-22(15)21)16-6-3-7-17(13-16)26-18-8-4-9-19(14-18)27(24)25/h2-14H,1H3,(H,24,25). The third kappa shape index (κ3) is 3.60. The van der Waals surface area contributed by atoms with E-state index in [0.29, 0.717) is 16.4 Å². The first kappa shape index (κ1) is 17.4. The van der Waals surface area contributed by atoms with E-state index >= 15 is 0 Å². The van der Waals surface area contributed by atoms with Gasteiger partial charge in [-0.3, -0.25) is 4.98 Å². The first-order valence-corrected chi connectivity index (χ1v) is 9.56. The molecule has 0 aliphatic rings. The van der Waals surface area contributed by atoms with Gasteiger partial charge in [0.2, 0.25) is 0 Å². The van der Waals surface area contributed by atoms with E-state index in [9.17, 15) is 8.76 Å². The number of benzene rings is 3. The Morgan fingerprint density at radius 3 is 2.48 bits per heavy atom. The Kier molecular flexibility index (Phi) is 4.71. The van der Waals surface area contributed by atoms with Crippen molar-refractivity contribution in [1.29, 1.82) is 0 Å². The van der Waals surface area contributed by atoms with Crippen LogP contribution >= 0.6 is 0 Å². The van der Waals surface area contributed by atoms with Crippen LogP contribution in [0.25, 0.3) is 22.0 Å². The largest absolute Gasteiger partial charge is 0.457 e. The maximum atomic E-state index is 11.2. The zero-order chi connectivity index (χ0) is 18.8. The van der Waals surface area contributed by atoms with Gasteiger partial charge in [0.25, 0.3) is 0 Å². The van der Waals surface area contributed by atoms with Gasteiger partial charge in [0.1, 0.15) is 11.5 Å². The summed E-state index contributed by atoms with van der Waals surface area (Å²) in [5.41, 5.74) is 4.22. The zero-order valence-corrected chi connectivity index (χ0v) is 15.4. The zero-order valence-electron chi connectivity index (χ0n) is 14.6. The maximum Gasteiger partial charge on any atom is 0.186 e. The number of aromatic nitrogens is 1. The summed E-state index contributed by atoms with van der Waals surface area (Å²) in [7, 11) is 0. The van der Waals surface area contributed by atoms with E-state index in [4.69, 9.17) is 4.74 Å². The Morgan fingerprint density at radius 2 is 1.67 bits per heavy atom. The Morgan fingerprint density at radius 1 is 0.926 bits per heavy atom. The number of hydrogen-bond acceptors (Lipinski definition) is 3. The summed E-state index contributed by atoms with van der Waals surface area (Å²) in [6.07, 6.45) is 1.82. The second-order valence-corrected chi connectivity index (χ2v) is 7.15. The molecule has 27 heavy (non-hydrogen) atoms. The highest BCUT2D eigenvalue weighted by Crippen LogP contribution is 2.32. The molecule has 1 atom stereocenters. The summed E-state index contributed by atoms with van der Waals surface area (Å²) in [6, 6.07) is 22.5. The summed E-state index contributed by atoms with van der Waals surface area (Å²) in [4.78, 5) is 4.80. The smallest absolute Gasteiger partial charge is 0.186 e. The van der Waals surface area contributed by atoms with E-state index in [0.717, 1.165) is 27.6 Å². The number of aryl methyl sites for hydroxylation is 1. The van der Waals surface area contributed by atoms with Crippen LogP contribution in [0.1, 0.15) is 5.56 Å². The molecule has 1 unspecified atom stereocenters. The van der Waals surface area contributed by atoms with E-state index in [1.807, 2.05) is 42.6 Å². The molecule has 4 rings (SSSR count). The van der Waals surface area contributed by atoms with Crippen LogP contribution in [0, 0.1) is 6.92 Å². The van der Waals surface area contributed by atoms with Crippen molar-refractivity contribution in [3.8, 4) is 22.6 Å². The van der Waals surface area contributed by atoms with Gasteiger partial charge in [-0.2, -0.15) is 0 Å². The lowest BCUT2D eigenvalue weighted by Crippen LogP contribution is -1.91. The highest BCUT2D eigenvalue weighted by atomic mass is 32.2. The number of nitrogens with zero attached hydrogens (tertiary/aromatic N) is 1. The molecule has 5 heteroatoms. The third-order valence-corrected chi connectivity index (χ3v) is 5.02. The van der Waals surface area contributed by atoms with Gasteiger partial charge in [-0.15, -0.1) is 0 Å². The second kappa shape index (κ2) is 7.31. The van der Waals surface area contributed by atoms with Gasteiger partial charge in [0.05, 0.1) is 10.4 Å². The Hall–Kier alpha value is -3.02. The van der Waals surface area contributed by atoms with E-state index in [2.05, 4.69) is 24.0 Å². The van der Waals surface area contributed by atoms with Gasteiger partial charge in [-0.25, -0.2) is 4.21 Å². The molecule has 4 aromatic rings. The molecule has 4 nitrogen and oxygen atoms in total. The molecule has 0 amide bonds. The van der Waals surface area contributed by atoms with Crippen LogP contribution in [0.4, 0.5) is 0 Å². The first-order valence-electron chi connectivity index (χ1n) is 8.45. The fraction of sp³-hybridized carbons (Fsp3) is 0.0455. The number of hydrogen-bond donors (Lipinski definition) is 1. The average molecular weight is 375 g/mol. The topological polar surface area (TPSA) is 59.4 Å². The normalized spacial score (nSPS) is 12.1. The van der Waals surface area contributed by atoms with Crippen LogP contribution in [0.3, 0.4) is 0 Å². The minimum Gasteiger partial charge on any atom is -0.457 e. The van der Waals surface area contributed by atoms with Crippen molar-refractivity contribution in [2.45, 2.75) is 11.8 Å². The fourth-order valence-electron chi connectivity index (χ4n) is 3.09. The maximum absolute atomic E-state index is 11.2. The molecule has 3 aromatic carbocycles. The number of fused-ring (bicyclic) bond motifs is 1. The summed E-state index contributed by atoms with van der Waals surface area (Å²) in [5.74, 6) is 1.17. The lowest BCUT2D eigenvalue weighted by atomic mass is 9.99. The predicted molar refractivity (Wildman–Crippen MR) is 107 cm³/mol. The number of ether oxygens (including phenoxy) is 1. The molecule has 0 saturated carbocycles. The average Bonchev–Trinajstić information content (AvgIpc) is 2.68. The Balaban J connectivity index is 1.73. The summed E-state index contributed by atoms with van der Waals surface area (Å²) in [5, 5.41) is 1.09. The molecule has 0 fully saturated rings. The van der Waals surface area contributed by atoms with Gasteiger partial charge in [-0.1, -0.05) is 36.4 Å². The van der Waals surface area contributed by atoms with Gasteiger partial charge < -0.3 is 9.29 Å². The molecule has 134 valence electrons. The second-order valence-electron chi connectivity index (χ2n) is 6.18. The van der Waals surface area contributed by atoms with Crippen molar-refractivity contribution in [1.82, 2.24) is 4.98 Å².